The van der Waals surface area contributed by atoms with E-state index in [2.05, 4.69) is 66.1 Å². The third kappa shape index (κ3) is 4.25. The molecule has 1 unspecified atom stereocenters. The molecule has 2 aromatic carbocycles. The SMILES string of the molecule is CC(C)C(C(=O)N(C)[C@H]1CC[C@@H]2CN(Cc3ccccc3)C[C@@H]21)c1ccccc1. The van der Waals surface area contributed by atoms with Crippen LogP contribution in [0.3, 0.4) is 0 Å². The van der Waals surface area contributed by atoms with Crippen molar-refractivity contribution in [1.82, 2.24) is 9.80 Å². The second-order valence-corrected chi connectivity index (χ2v) is 9.33. The number of nitrogens with zero attached hydrogens (tertiary/aromatic N) is 2. The quantitative estimate of drug-likeness (QED) is 0.708. The lowest BCUT2D eigenvalue weighted by atomic mass is 9.86. The predicted octanol–water partition coefficient (Wildman–Crippen LogP) is 4.80. The van der Waals surface area contributed by atoms with Crippen LogP contribution in [0.15, 0.2) is 60.7 Å². The van der Waals surface area contributed by atoms with Gasteiger partial charge in [-0.1, -0.05) is 74.5 Å². The highest BCUT2D eigenvalue weighted by Gasteiger charge is 2.45. The minimum atomic E-state index is -0.0536. The van der Waals surface area contributed by atoms with Crippen LogP contribution in [0.4, 0.5) is 0 Å². The number of carbonyl (C=O) groups excluding carboxylic acids is 1. The van der Waals surface area contributed by atoms with Gasteiger partial charge in [0, 0.05) is 32.7 Å². The van der Waals surface area contributed by atoms with Crippen LogP contribution < -0.4 is 0 Å². The molecule has 3 heteroatoms. The number of hydrogen-bond acceptors (Lipinski definition) is 2. The molecule has 1 aliphatic heterocycles. The monoisotopic (exact) mass is 390 g/mol. The molecular formula is C26H34N2O. The first-order valence-electron chi connectivity index (χ1n) is 11.1. The minimum Gasteiger partial charge on any atom is -0.342 e. The molecule has 0 spiro atoms. The fourth-order valence-corrected chi connectivity index (χ4v) is 5.64. The normalized spacial score (nSPS) is 25.2. The summed E-state index contributed by atoms with van der Waals surface area (Å²) in [7, 11) is 2.05. The topological polar surface area (TPSA) is 23.6 Å². The summed E-state index contributed by atoms with van der Waals surface area (Å²) >= 11 is 0. The highest BCUT2D eigenvalue weighted by molar-refractivity contribution is 5.84. The second kappa shape index (κ2) is 8.71. The van der Waals surface area contributed by atoms with Crippen LogP contribution >= 0.6 is 0 Å². The summed E-state index contributed by atoms with van der Waals surface area (Å²) < 4.78 is 0. The largest absolute Gasteiger partial charge is 0.342 e. The van der Waals surface area contributed by atoms with E-state index >= 15 is 0 Å². The molecule has 4 rings (SSSR count). The van der Waals surface area contributed by atoms with E-state index in [1.54, 1.807) is 0 Å². The van der Waals surface area contributed by atoms with Gasteiger partial charge < -0.3 is 4.90 Å². The van der Waals surface area contributed by atoms with Crippen LogP contribution in [-0.2, 0) is 11.3 Å². The Hall–Kier alpha value is -2.13. The summed E-state index contributed by atoms with van der Waals surface area (Å²) in [6.45, 7) is 7.64. The summed E-state index contributed by atoms with van der Waals surface area (Å²) in [5, 5.41) is 0. The first kappa shape index (κ1) is 20.2. The van der Waals surface area contributed by atoms with E-state index < -0.39 is 0 Å². The number of likely N-dealkylation sites (tertiary alicyclic amines) is 1. The summed E-state index contributed by atoms with van der Waals surface area (Å²) in [5.74, 6) is 1.87. The summed E-state index contributed by atoms with van der Waals surface area (Å²) in [5.41, 5.74) is 2.53. The third-order valence-corrected chi connectivity index (χ3v) is 7.08. The minimum absolute atomic E-state index is 0.0536. The van der Waals surface area contributed by atoms with Crippen LogP contribution in [0.25, 0.3) is 0 Å². The summed E-state index contributed by atoms with van der Waals surface area (Å²) in [4.78, 5) is 18.2. The van der Waals surface area contributed by atoms with E-state index in [4.69, 9.17) is 0 Å². The van der Waals surface area contributed by atoms with E-state index in [1.165, 1.54) is 18.5 Å². The Labute approximate surface area is 175 Å². The van der Waals surface area contributed by atoms with Gasteiger partial charge in [-0.2, -0.15) is 0 Å². The second-order valence-electron chi connectivity index (χ2n) is 9.33. The molecule has 0 bridgehead atoms. The maximum absolute atomic E-state index is 13.5. The Morgan fingerprint density at radius 2 is 1.66 bits per heavy atom. The zero-order valence-corrected chi connectivity index (χ0v) is 18.0. The van der Waals surface area contributed by atoms with Crippen molar-refractivity contribution in [1.29, 1.82) is 0 Å². The van der Waals surface area contributed by atoms with Crippen molar-refractivity contribution < 1.29 is 4.79 Å². The van der Waals surface area contributed by atoms with Gasteiger partial charge in [0.1, 0.15) is 0 Å². The van der Waals surface area contributed by atoms with Crippen molar-refractivity contribution in [2.24, 2.45) is 17.8 Å². The van der Waals surface area contributed by atoms with E-state index in [-0.39, 0.29) is 5.92 Å². The van der Waals surface area contributed by atoms with E-state index in [9.17, 15) is 4.79 Å². The highest BCUT2D eigenvalue weighted by atomic mass is 16.2. The summed E-state index contributed by atoms with van der Waals surface area (Å²) in [6.07, 6.45) is 2.40. The molecule has 2 aromatic rings. The molecule has 0 N–H and O–H groups in total. The molecule has 1 saturated carbocycles. The van der Waals surface area contributed by atoms with E-state index in [0.717, 1.165) is 31.0 Å². The van der Waals surface area contributed by atoms with Gasteiger partial charge in [0.05, 0.1) is 5.92 Å². The van der Waals surface area contributed by atoms with Crippen molar-refractivity contribution in [3.05, 3.63) is 71.8 Å². The zero-order valence-electron chi connectivity index (χ0n) is 18.0. The van der Waals surface area contributed by atoms with E-state index in [0.29, 0.717) is 23.8 Å². The maximum Gasteiger partial charge on any atom is 0.230 e. The third-order valence-electron chi connectivity index (χ3n) is 7.08. The Kier molecular flexibility index (Phi) is 6.05. The fraction of sp³-hybridized carbons (Fsp3) is 0.500. The van der Waals surface area contributed by atoms with Gasteiger partial charge in [-0.25, -0.2) is 0 Å². The number of amides is 1. The first-order chi connectivity index (χ1) is 14.0. The highest BCUT2D eigenvalue weighted by Crippen LogP contribution is 2.42. The van der Waals surface area contributed by atoms with Crippen LogP contribution in [-0.4, -0.2) is 41.9 Å². The smallest absolute Gasteiger partial charge is 0.230 e. The zero-order chi connectivity index (χ0) is 20.4. The van der Waals surface area contributed by atoms with Gasteiger partial charge in [-0.05, 0) is 41.7 Å². The molecule has 4 atom stereocenters. The van der Waals surface area contributed by atoms with Gasteiger partial charge in [0.25, 0.3) is 0 Å². The van der Waals surface area contributed by atoms with Crippen LogP contribution in [0.1, 0.15) is 43.7 Å². The molecular weight excluding hydrogens is 356 g/mol. The Balaban J connectivity index is 1.45. The maximum atomic E-state index is 13.5. The molecule has 1 amide bonds. The number of carbonyl (C=O) groups is 1. The standard InChI is InChI=1S/C26H34N2O/c1-19(2)25(21-12-8-5-9-13-21)26(29)27(3)24-15-14-22-17-28(18-23(22)24)16-20-10-6-4-7-11-20/h4-13,19,22-25H,14-18H2,1-3H3/t22-,23+,24+,25?/m1/s1. The summed E-state index contributed by atoms with van der Waals surface area (Å²) in [6, 6.07) is 21.4. The molecule has 2 aliphatic rings. The molecule has 1 heterocycles. The molecule has 2 fully saturated rings. The number of fused-ring (bicyclic) bond motifs is 1. The molecule has 3 nitrogen and oxygen atoms in total. The molecule has 0 aromatic heterocycles. The average molecular weight is 391 g/mol. The number of hydrogen-bond donors (Lipinski definition) is 0. The average Bonchev–Trinajstić information content (AvgIpc) is 3.29. The van der Waals surface area contributed by atoms with Crippen LogP contribution in [0.2, 0.25) is 0 Å². The first-order valence-corrected chi connectivity index (χ1v) is 11.1. The number of benzene rings is 2. The molecule has 29 heavy (non-hydrogen) atoms. The van der Waals surface area contributed by atoms with Crippen molar-refractivity contribution >= 4 is 5.91 Å². The van der Waals surface area contributed by atoms with Crippen molar-refractivity contribution in [3.8, 4) is 0 Å². The van der Waals surface area contributed by atoms with Gasteiger partial charge in [0.2, 0.25) is 5.91 Å². The van der Waals surface area contributed by atoms with Gasteiger partial charge in [0.15, 0.2) is 0 Å². The lowest BCUT2D eigenvalue weighted by Crippen LogP contribution is -2.44. The Bertz CT molecular complexity index is 804. The lowest BCUT2D eigenvalue weighted by molar-refractivity contribution is -0.135. The van der Waals surface area contributed by atoms with Crippen molar-refractivity contribution in [2.75, 3.05) is 20.1 Å². The van der Waals surface area contributed by atoms with Gasteiger partial charge >= 0.3 is 0 Å². The van der Waals surface area contributed by atoms with Gasteiger partial charge in [-0.3, -0.25) is 9.69 Å². The molecule has 154 valence electrons. The van der Waals surface area contributed by atoms with E-state index in [1.807, 2.05) is 25.2 Å². The van der Waals surface area contributed by atoms with Gasteiger partial charge in [-0.15, -0.1) is 0 Å². The lowest BCUT2D eigenvalue weighted by Gasteiger charge is -2.34. The molecule has 1 aliphatic carbocycles. The van der Waals surface area contributed by atoms with Crippen molar-refractivity contribution in [3.63, 3.8) is 0 Å². The van der Waals surface area contributed by atoms with Crippen LogP contribution in [0.5, 0.6) is 0 Å². The van der Waals surface area contributed by atoms with Crippen LogP contribution in [0, 0.1) is 17.8 Å². The number of rotatable bonds is 6. The Morgan fingerprint density at radius 3 is 2.31 bits per heavy atom. The number of likely N-dealkylation sites (N-methyl/N-ethyl adjacent to an activating group) is 1. The fourth-order valence-electron chi connectivity index (χ4n) is 5.64. The Morgan fingerprint density at radius 1 is 1.00 bits per heavy atom. The molecule has 1 saturated heterocycles. The van der Waals surface area contributed by atoms with Crippen molar-refractivity contribution in [2.45, 2.75) is 45.2 Å². The predicted molar refractivity (Wildman–Crippen MR) is 119 cm³/mol. The molecule has 0 radical (unpaired) electrons.